The number of halogens is 1. The molecule has 8 heteroatoms. The maximum Gasteiger partial charge on any atom is 0.266 e. The third-order valence-electron chi connectivity index (χ3n) is 6.07. The summed E-state index contributed by atoms with van der Waals surface area (Å²) in [6, 6.07) is 20.1. The summed E-state index contributed by atoms with van der Waals surface area (Å²) in [7, 11) is 1.59. The number of hydrogen-bond acceptors (Lipinski definition) is 5. The minimum absolute atomic E-state index is 0.0152. The third kappa shape index (κ3) is 4.92. The van der Waals surface area contributed by atoms with E-state index >= 15 is 0 Å². The number of benzene rings is 3. The minimum atomic E-state index is -0.193. The van der Waals surface area contributed by atoms with E-state index in [1.807, 2.05) is 53.4 Å². The highest BCUT2D eigenvalue weighted by molar-refractivity contribution is 7.98. The molecule has 0 spiro atoms. The van der Waals surface area contributed by atoms with Crippen molar-refractivity contribution in [3.8, 4) is 11.4 Å². The Balaban J connectivity index is 1.60. The van der Waals surface area contributed by atoms with E-state index in [0.29, 0.717) is 43.8 Å². The molecule has 3 aromatic carbocycles. The first-order valence-corrected chi connectivity index (χ1v) is 12.8. The van der Waals surface area contributed by atoms with Crippen LogP contribution in [0.5, 0.6) is 5.75 Å². The molecule has 4 aromatic rings. The molecular weight excluding hydrogens is 482 g/mol. The van der Waals surface area contributed by atoms with Crippen molar-refractivity contribution < 1.29 is 9.53 Å². The number of likely N-dealkylation sites (tertiary alicyclic amines) is 1. The number of carbonyl (C=O) groups is 1. The molecule has 6 nitrogen and oxygen atoms in total. The van der Waals surface area contributed by atoms with Gasteiger partial charge in [-0.2, -0.15) is 0 Å². The van der Waals surface area contributed by atoms with Gasteiger partial charge in [0.05, 0.1) is 23.7 Å². The summed E-state index contributed by atoms with van der Waals surface area (Å²) in [5.74, 6) is 1.24. The Kier molecular flexibility index (Phi) is 6.79. The second-order valence-corrected chi connectivity index (χ2v) is 9.76. The van der Waals surface area contributed by atoms with Crippen molar-refractivity contribution in [1.82, 2.24) is 14.5 Å². The highest BCUT2D eigenvalue weighted by Gasteiger charge is 2.21. The summed E-state index contributed by atoms with van der Waals surface area (Å²) in [5, 5.41) is 1.67. The molecule has 0 atom stereocenters. The zero-order valence-corrected chi connectivity index (χ0v) is 20.8. The van der Waals surface area contributed by atoms with Gasteiger partial charge in [-0.05, 0) is 60.9 Å². The Labute approximate surface area is 212 Å². The molecule has 1 aromatic heterocycles. The quantitative estimate of drug-likeness (QED) is 0.253. The van der Waals surface area contributed by atoms with Crippen LogP contribution in [0.15, 0.2) is 76.7 Å². The molecule has 0 radical (unpaired) electrons. The number of amides is 1. The molecule has 5 rings (SSSR count). The monoisotopic (exact) mass is 505 g/mol. The van der Waals surface area contributed by atoms with Crippen molar-refractivity contribution in [3.63, 3.8) is 0 Å². The number of carbonyl (C=O) groups excluding carboxylic acids is 1. The van der Waals surface area contributed by atoms with Gasteiger partial charge in [0.1, 0.15) is 5.75 Å². The molecule has 1 amide bonds. The van der Waals surface area contributed by atoms with Crippen LogP contribution in [-0.2, 0) is 5.75 Å². The second-order valence-electron chi connectivity index (χ2n) is 8.38. The Morgan fingerprint density at radius 2 is 1.83 bits per heavy atom. The van der Waals surface area contributed by atoms with Crippen LogP contribution >= 0.6 is 23.4 Å². The highest BCUT2D eigenvalue weighted by atomic mass is 35.5. The van der Waals surface area contributed by atoms with Gasteiger partial charge in [0.2, 0.25) is 0 Å². The van der Waals surface area contributed by atoms with E-state index in [1.54, 1.807) is 29.9 Å². The molecule has 1 aliphatic rings. The average Bonchev–Trinajstić information content (AvgIpc) is 3.43. The van der Waals surface area contributed by atoms with Gasteiger partial charge in [-0.15, -0.1) is 0 Å². The number of methoxy groups -OCH3 is 1. The lowest BCUT2D eigenvalue weighted by atomic mass is 10.1. The number of thioether (sulfide) groups is 1. The molecule has 2 heterocycles. The van der Waals surface area contributed by atoms with Crippen molar-refractivity contribution >= 4 is 40.2 Å². The van der Waals surface area contributed by atoms with Crippen LogP contribution in [0, 0.1) is 0 Å². The summed E-state index contributed by atoms with van der Waals surface area (Å²) >= 11 is 7.48. The number of ether oxygens (including phenoxy) is 1. The van der Waals surface area contributed by atoms with Gasteiger partial charge in [0, 0.05) is 35.5 Å². The molecule has 35 heavy (non-hydrogen) atoms. The van der Waals surface area contributed by atoms with Crippen molar-refractivity contribution in [2.45, 2.75) is 23.8 Å². The molecule has 1 fully saturated rings. The zero-order chi connectivity index (χ0) is 24.4. The van der Waals surface area contributed by atoms with Gasteiger partial charge in [-0.1, -0.05) is 41.6 Å². The van der Waals surface area contributed by atoms with Gasteiger partial charge in [-0.25, -0.2) is 4.98 Å². The normalized spacial score (nSPS) is 13.4. The molecule has 0 N–H and O–H groups in total. The van der Waals surface area contributed by atoms with Crippen LogP contribution in [-0.4, -0.2) is 40.6 Å². The highest BCUT2D eigenvalue weighted by Crippen LogP contribution is 2.27. The first kappa shape index (κ1) is 23.5. The van der Waals surface area contributed by atoms with Gasteiger partial charge in [-0.3, -0.25) is 14.2 Å². The van der Waals surface area contributed by atoms with Gasteiger partial charge >= 0.3 is 0 Å². The molecule has 0 bridgehead atoms. The topological polar surface area (TPSA) is 64.4 Å². The number of fused-ring (bicyclic) bond motifs is 1. The van der Waals surface area contributed by atoms with Crippen LogP contribution in [0.2, 0.25) is 5.02 Å². The van der Waals surface area contributed by atoms with Crippen molar-refractivity contribution in [1.29, 1.82) is 0 Å². The fourth-order valence-corrected chi connectivity index (χ4v) is 5.30. The van der Waals surface area contributed by atoms with Crippen molar-refractivity contribution in [2.24, 2.45) is 0 Å². The van der Waals surface area contributed by atoms with Crippen LogP contribution in [0.25, 0.3) is 16.6 Å². The van der Waals surface area contributed by atoms with Crippen molar-refractivity contribution in [2.75, 3.05) is 20.2 Å². The summed E-state index contributed by atoms with van der Waals surface area (Å²) < 4.78 is 6.98. The SMILES string of the molecule is COc1cccc(-n2c(SCc3ccc(Cl)cc3)nc3cc(C(=O)N4CCCC4)ccc3c2=O)c1. The summed E-state index contributed by atoms with van der Waals surface area (Å²) in [6.07, 6.45) is 2.04. The predicted molar refractivity (Wildman–Crippen MR) is 140 cm³/mol. The first-order chi connectivity index (χ1) is 17.0. The maximum absolute atomic E-state index is 13.7. The molecule has 0 unspecified atom stereocenters. The average molecular weight is 506 g/mol. The minimum Gasteiger partial charge on any atom is -0.497 e. The van der Waals surface area contributed by atoms with E-state index in [2.05, 4.69) is 0 Å². The molecule has 1 aliphatic heterocycles. The number of aromatic nitrogens is 2. The number of nitrogens with zero attached hydrogens (tertiary/aromatic N) is 3. The van der Waals surface area contributed by atoms with Crippen LogP contribution in [0.4, 0.5) is 0 Å². The van der Waals surface area contributed by atoms with Gasteiger partial charge < -0.3 is 9.64 Å². The largest absolute Gasteiger partial charge is 0.497 e. The fraction of sp³-hybridized carbons (Fsp3) is 0.222. The Bertz CT molecular complexity index is 1450. The zero-order valence-electron chi connectivity index (χ0n) is 19.2. The van der Waals surface area contributed by atoms with Crippen molar-refractivity contribution in [3.05, 3.63) is 93.2 Å². The Morgan fingerprint density at radius 3 is 2.57 bits per heavy atom. The molecule has 178 valence electrons. The molecular formula is C27H24ClN3O3S. The lowest BCUT2D eigenvalue weighted by Crippen LogP contribution is -2.28. The Morgan fingerprint density at radius 1 is 1.06 bits per heavy atom. The maximum atomic E-state index is 13.7. The number of rotatable bonds is 6. The number of hydrogen-bond donors (Lipinski definition) is 0. The van der Waals surface area contributed by atoms with Crippen LogP contribution in [0.3, 0.4) is 0 Å². The lowest BCUT2D eigenvalue weighted by molar-refractivity contribution is 0.0793. The van der Waals surface area contributed by atoms with Crippen LogP contribution in [0.1, 0.15) is 28.8 Å². The van der Waals surface area contributed by atoms with E-state index in [1.165, 1.54) is 11.8 Å². The second kappa shape index (κ2) is 10.1. The van der Waals surface area contributed by atoms with Gasteiger partial charge in [0.15, 0.2) is 5.16 Å². The molecule has 0 saturated carbocycles. The Hall–Kier alpha value is -3.29. The van der Waals surface area contributed by atoms with Crippen LogP contribution < -0.4 is 10.3 Å². The standard InChI is InChI=1S/C27H24ClN3O3S/c1-34-22-6-4-5-21(16-22)31-26(33)23-12-9-19(25(32)30-13-2-3-14-30)15-24(23)29-27(31)35-17-18-7-10-20(28)11-8-18/h4-12,15-16H,2-3,13-14,17H2,1H3. The first-order valence-electron chi connectivity index (χ1n) is 11.4. The summed E-state index contributed by atoms with van der Waals surface area (Å²) in [6.45, 7) is 1.54. The van der Waals surface area contributed by atoms with E-state index in [0.717, 1.165) is 31.5 Å². The van der Waals surface area contributed by atoms with E-state index < -0.39 is 0 Å². The molecule has 1 saturated heterocycles. The predicted octanol–water partition coefficient (Wildman–Crippen LogP) is 5.58. The van der Waals surface area contributed by atoms with E-state index in [9.17, 15) is 9.59 Å². The lowest BCUT2D eigenvalue weighted by Gasteiger charge is -2.17. The summed E-state index contributed by atoms with van der Waals surface area (Å²) in [4.78, 5) is 33.4. The fourth-order valence-electron chi connectivity index (χ4n) is 4.20. The van der Waals surface area contributed by atoms with E-state index in [-0.39, 0.29) is 11.5 Å². The third-order valence-corrected chi connectivity index (χ3v) is 7.33. The van der Waals surface area contributed by atoms with Gasteiger partial charge in [0.25, 0.3) is 11.5 Å². The van der Waals surface area contributed by atoms with E-state index in [4.69, 9.17) is 21.3 Å². The molecule has 0 aliphatic carbocycles. The summed E-state index contributed by atoms with van der Waals surface area (Å²) in [5.41, 5.74) is 2.60. The smallest absolute Gasteiger partial charge is 0.266 e.